The van der Waals surface area contributed by atoms with E-state index in [1.54, 1.807) is 0 Å². The third-order valence-corrected chi connectivity index (χ3v) is 7.41. The lowest BCUT2D eigenvalue weighted by Crippen LogP contribution is -2.44. The van der Waals surface area contributed by atoms with Gasteiger partial charge in [-0.1, -0.05) is 66.7 Å². The van der Waals surface area contributed by atoms with Gasteiger partial charge in [0.1, 0.15) is 0 Å². The quantitative estimate of drug-likeness (QED) is 0.589. The topological polar surface area (TPSA) is 52.7 Å². The molecule has 1 unspecified atom stereocenters. The molecule has 0 bridgehead atoms. The van der Waals surface area contributed by atoms with Gasteiger partial charge in [-0.15, -0.1) is 0 Å². The molecule has 1 N–H and O–H groups in total. The van der Waals surface area contributed by atoms with E-state index in [2.05, 4.69) is 34.5 Å². The zero-order chi connectivity index (χ0) is 23.3. The van der Waals surface area contributed by atoms with Crippen molar-refractivity contribution < 1.29 is 9.59 Å². The van der Waals surface area contributed by atoms with E-state index in [0.29, 0.717) is 32.5 Å². The average molecular weight is 456 g/mol. The summed E-state index contributed by atoms with van der Waals surface area (Å²) in [6.45, 7) is 4.05. The van der Waals surface area contributed by atoms with Crippen molar-refractivity contribution in [2.24, 2.45) is 5.92 Å². The van der Waals surface area contributed by atoms with Gasteiger partial charge in [0.25, 0.3) is 5.91 Å². The van der Waals surface area contributed by atoms with E-state index >= 15 is 0 Å². The van der Waals surface area contributed by atoms with Crippen molar-refractivity contribution in [3.63, 3.8) is 0 Å². The maximum atomic E-state index is 13.2. The molecule has 0 spiro atoms. The minimum absolute atomic E-state index is 0.0356. The van der Waals surface area contributed by atoms with Crippen LogP contribution in [0.2, 0.25) is 0 Å². The van der Waals surface area contributed by atoms with Gasteiger partial charge in [0.15, 0.2) is 0 Å². The highest BCUT2D eigenvalue weighted by molar-refractivity contribution is 6.07. The molecule has 2 fully saturated rings. The van der Waals surface area contributed by atoms with Gasteiger partial charge < -0.3 is 10.2 Å². The van der Waals surface area contributed by atoms with Crippen molar-refractivity contribution in [1.29, 1.82) is 0 Å². The lowest BCUT2D eigenvalue weighted by Gasteiger charge is -2.33. The molecule has 3 aromatic carbocycles. The maximum Gasteiger partial charge on any atom is 0.254 e. The summed E-state index contributed by atoms with van der Waals surface area (Å²) in [5, 5.41) is 5.31. The molecule has 0 aliphatic carbocycles. The standard InChI is InChI=1S/C29H33N3O2/c33-28(30-21-27(31-17-6-7-18-31)23-10-2-1-3-11-23)24-15-19-32(20-16-24)29(34)26-14-8-12-22-9-4-5-13-25(22)26/h1-5,8-14,24,27H,6-7,15-21H2,(H,30,33). The molecule has 5 heteroatoms. The molecule has 2 saturated heterocycles. The lowest BCUT2D eigenvalue weighted by atomic mass is 9.94. The zero-order valence-corrected chi connectivity index (χ0v) is 19.7. The first-order valence-electron chi connectivity index (χ1n) is 12.5. The number of carbonyl (C=O) groups is 2. The summed E-state index contributed by atoms with van der Waals surface area (Å²) in [7, 11) is 0. The van der Waals surface area contributed by atoms with Gasteiger partial charge in [-0.3, -0.25) is 14.5 Å². The van der Waals surface area contributed by atoms with Gasteiger partial charge in [0.05, 0.1) is 6.04 Å². The van der Waals surface area contributed by atoms with E-state index in [-0.39, 0.29) is 23.8 Å². The molecule has 2 heterocycles. The fourth-order valence-corrected chi connectivity index (χ4v) is 5.45. The van der Waals surface area contributed by atoms with E-state index in [0.717, 1.165) is 29.4 Å². The third-order valence-electron chi connectivity index (χ3n) is 7.41. The van der Waals surface area contributed by atoms with Gasteiger partial charge in [0.2, 0.25) is 5.91 Å². The van der Waals surface area contributed by atoms with Crippen molar-refractivity contribution in [3.8, 4) is 0 Å². The number of hydrogen-bond donors (Lipinski definition) is 1. The van der Waals surface area contributed by atoms with Gasteiger partial charge in [-0.2, -0.15) is 0 Å². The first-order chi connectivity index (χ1) is 16.7. The minimum Gasteiger partial charge on any atom is -0.354 e. The van der Waals surface area contributed by atoms with Gasteiger partial charge in [-0.25, -0.2) is 0 Å². The van der Waals surface area contributed by atoms with Crippen molar-refractivity contribution in [3.05, 3.63) is 83.9 Å². The highest BCUT2D eigenvalue weighted by atomic mass is 16.2. The van der Waals surface area contributed by atoms with Crippen LogP contribution in [-0.2, 0) is 4.79 Å². The predicted molar refractivity (Wildman–Crippen MR) is 136 cm³/mol. The Balaban J connectivity index is 1.18. The Morgan fingerprint density at radius 2 is 1.50 bits per heavy atom. The van der Waals surface area contributed by atoms with E-state index in [1.807, 2.05) is 53.4 Å². The first-order valence-corrected chi connectivity index (χ1v) is 12.5. The summed E-state index contributed by atoms with van der Waals surface area (Å²) in [5.74, 6) is 0.151. The number of piperidine rings is 1. The van der Waals surface area contributed by atoms with Crippen LogP contribution in [0, 0.1) is 5.92 Å². The molecular weight excluding hydrogens is 422 g/mol. The average Bonchev–Trinajstić information content (AvgIpc) is 3.43. The number of amides is 2. The molecule has 3 aromatic rings. The lowest BCUT2D eigenvalue weighted by molar-refractivity contribution is -0.126. The summed E-state index contributed by atoms with van der Waals surface area (Å²) in [4.78, 5) is 30.7. The largest absolute Gasteiger partial charge is 0.354 e. The van der Waals surface area contributed by atoms with Gasteiger partial charge >= 0.3 is 0 Å². The summed E-state index contributed by atoms with van der Waals surface area (Å²) in [6, 6.07) is 24.6. The van der Waals surface area contributed by atoms with E-state index in [4.69, 9.17) is 0 Å². The smallest absolute Gasteiger partial charge is 0.254 e. The van der Waals surface area contributed by atoms with Crippen LogP contribution in [0.5, 0.6) is 0 Å². The van der Waals surface area contributed by atoms with Crippen molar-refractivity contribution in [2.75, 3.05) is 32.7 Å². The van der Waals surface area contributed by atoms with Crippen LogP contribution in [0.25, 0.3) is 10.8 Å². The van der Waals surface area contributed by atoms with E-state index < -0.39 is 0 Å². The highest BCUT2D eigenvalue weighted by Gasteiger charge is 2.30. The Morgan fingerprint density at radius 3 is 2.26 bits per heavy atom. The Kier molecular flexibility index (Phi) is 6.91. The first kappa shape index (κ1) is 22.6. The molecule has 0 aromatic heterocycles. The number of nitrogens with one attached hydrogen (secondary N) is 1. The van der Waals surface area contributed by atoms with E-state index in [9.17, 15) is 9.59 Å². The second-order valence-corrected chi connectivity index (χ2v) is 9.51. The molecule has 1 atom stereocenters. The fraction of sp³-hybridized carbons (Fsp3) is 0.379. The normalized spacial score (nSPS) is 18.2. The monoisotopic (exact) mass is 455 g/mol. The van der Waals surface area contributed by atoms with Crippen LogP contribution in [0.3, 0.4) is 0 Å². The number of benzene rings is 3. The van der Waals surface area contributed by atoms with Crippen molar-refractivity contribution in [2.45, 2.75) is 31.7 Å². The van der Waals surface area contributed by atoms with Crippen molar-refractivity contribution in [1.82, 2.24) is 15.1 Å². The third kappa shape index (κ3) is 4.85. The Morgan fingerprint density at radius 1 is 0.824 bits per heavy atom. The molecule has 176 valence electrons. The Bertz CT molecular complexity index is 1130. The fourth-order valence-electron chi connectivity index (χ4n) is 5.45. The van der Waals surface area contributed by atoms with E-state index in [1.165, 1.54) is 18.4 Å². The highest BCUT2D eigenvalue weighted by Crippen LogP contribution is 2.26. The number of hydrogen-bond acceptors (Lipinski definition) is 3. The van der Waals surface area contributed by atoms with Crippen LogP contribution < -0.4 is 5.32 Å². The van der Waals surface area contributed by atoms with Crippen molar-refractivity contribution >= 4 is 22.6 Å². The second kappa shape index (κ2) is 10.4. The Labute approximate surface area is 201 Å². The Hall–Kier alpha value is -3.18. The predicted octanol–water partition coefficient (Wildman–Crippen LogP) is 4.65. The molecule has 0 radical (unpaired) electrons. The summed E-state index contributed by atoms with van der Waals surface area (Å²) in [5.41, 5.74) is 2.01. The number of rotatable bonds is 6. The SMILES string of the molecule is O=C(NCC(c1ccccc1)N1CCCC1)C1CCN(C(=O)c2cccc3ccccc23)CC1. The van der Waals surface area contributed by atoms with Gasteiger partial charge in [0, 0.05) is 31.1 Å². The van der Waals surface area contributed by atoms with Crippen LogP contribution in [0.4, 0.5) is 0 Å². The van der Waals surface area contributed by atoms with Crippen LogP contribution >= 0.6 is 0 Å². The molecular formula is C29H33N3O2. The summed E-state index contributed by atoms with van der Waals surface area (Å²) < 4.78 is 0. The molecule has 5 nitrogen and oxygen atoms in total. The molecule has 2 aliphatic heterocycles. The van der Waals surface area contributed by atoms with Gasteiger partial charge in [-0.05, 0) is 61.2 Å². The molecule has 34 heavy (non-hydrogen) atoms. The van der Waals surface area contributed by atoms with Crippen LogP contribution in [0.15, 0.2) is 72.8 Å². The molecule has 5 rings (SSSR count). The molecule has 2 aliphatic rings. The maximum absolute atomic E-state index is 13.2. The summed E-state index contributed by atoms with van der Waals surface area (Å²) >= 11 is 0. The summed E-state index contributed by atoms with van der Waals surface area (Å²) in [6.07, 6.45) is 3.87. The second-order valence-electron chi connectivity index (χ2n) is 9.51. The molecule has 0 saturated carbocycles. The van der Waals surface area contributed by atoms with Crippen LogP contribution in [0.1, 0.15) is 47.6 Å². The number of nitrogens with zero attached hydrogens (tertiary/aromatic N) is 2. The zero-order valence-electron chi connectivity index (χ0n) is 19.7. The molecule has 2 amide bonds. The number of carbonyl (C=O) groups excluding carboxylic acids is 2. The van der Waals surface area contributed by atoms with Crippen LogP contribution in [-0.4, -0.2) is 54.3 Å². The number of likely N-dealkylation sites (tertiary alicyclic amines) is 2. The number of fused-ring (bicyclic) bond motifs is 1. The minimum atomic E-state index is -0.0356.